The van der Waals surface area contributed by atoms with Gasteiger partial charge in [0, 0.05) is 12.1 Å². The van der Waals surface area contributed by atoms with E-state index in [1.807, 2.05) is 6.07 Å². The zero-order valence-corrected chi connectivity index (χ0v) is 13.6. The lowest BCUT2D eigenvalue weighted by molar-refractivity contribution is 0.143. The van der Waals surface area contributed by atoms with E-state index in [2.05, 4.69) is 45.1 Å². The molecular weight excluding hydrogens is 262 g/mol. The maximum Gasteiger partial charge on any atom is 0.231 e. The number of fused-ring (bicyclic) bond motifs is 1. The highest BCUT2D eigenvalue weighted by molar-refractivity contribution is 5.45. The first kappa shape index (κ1) is 14.7. The van der Waals surface area contributed by atoms with Crippen LogP contribution in [0.1, 0.15) is 58.6 Å². The van der Waals surface area contributed by atoms with E-state index in [0.717, 1.165) is 17.4 Å². The molecule has 1 fully saturated rings. The third-order valence-corrected chi connectivity index (χ3v) is 5.05. The van der Waals surface area contributed by atoms with Gasteiger partial charge in [-0.2, -0.15) is 0 Å². The first-order valence-electron chi connectivity index (χ1n) is 8.10. The Morgan fingerprint density at radius 3 is 2.76 bits per heavy atom. The van der Waals surface area contributed by atoms with Crippen molar-refractivity contribution in [1.29, 1.82) is 0 Å². The molecule has 1 aliphatic carbocycles. The Bertz CT molecular complexity index is 512. The summed E-state index contributed by atoms with van der Waals surface area (Å²) in [6.45, 7) is 9.74. The molecular formula is C18H27NO2. The van der Waals surface area contributed by atoms with Gasteiger partial charge in [-0.05, 0) is 55.2 Å². The normalized spacial score (nSPS) is 28.4. The molecule has 0 radical (unpaired) electrons. The van der Waals surface area contributed by atoms with Gasteiger partial charge in [-0.3, -0.25) is 0 Å². The number of benzene rings is 1. The summed E-state index contributed by atoms with van der Waals surface area (Å²) >= 11 is 0. The quantitative estimate of drug-likeness (QED) is 0.901. The number of rotatable bonds is 3. The topological polar surface area (TPSA) is 30.5 Å². The summed E-state index contributed by atoms with van der Waals surface area (Å²) in [7, 11) is 0. The Kier molecular flexibility index (Phi) is 3.87. The minimum Gasteiger partial charge on any atom is -0.454 e. The third kappa shape index (κ3) is 3.18. The van der Waals surface area contributed by atoms with Crippen molar-refractivity contribution < 1.29 is 9.47 Å². The van der Waals surface area contributed by atoms with Gasteiger partial charge in [0.2, 0.25) is 6.79 Å². The maximum absolute atomic E-state index is 5.48. The minimum atomic E-state index is 0.341. The zero-order chi connectivity index (χ0) is 15.0. The fourth-order valence-electron chi connectivity index (χ4n) is 3.79. The minimum absolute atomic E-state index is 0.341. The molecule has 1 N–H and O–H groups in total. The Morgan fingerprint density at radius 2 is 2.00 bits per heavy atom. The Morgan fingerprint density at radius 1 is 1.24 bits per heavy atom. The molecule has 3 nitrogen and oxygen atoms in total. The summed E-state index contributed by atoms with van der Waals surface area (Å²) in [6.07, 6.45) is 3.88. The second kappa shape index (κ2) is 5.53. The molecule has 1 heterocycles. The van der Waals surface area contributed by atoms with Gasteiger partial charge in [0.15, 0.2) is 11.5 Å². The van der Waals surface area contributed by atoms with Crippen molar-refractivity contribution in [2.24, 2.45) is 11.3 Å². The summed E-state index contributed by atoms with van der Waals surface area (Å²) < 4.78 is 10.9. The number of nitrogens with one attached hydrogen (secondary N) is 1. The molecule has 1 aromatic carbocycles. The first-order valence-corrected chi connectivity index (χ1v) is 8.10. The SMILES string of the molecule is CC(NC1CCC(C)(C)CC1C)c1ccc2c(c1)OCO2. The molecule has 0 saturated heterocycles. The van der Waals surface area contributed by atoms with Gasteiger partial charge in [0.1, 0.15) is 0 Å². The fraction of sp³-hybridized carbons (Fsp3) is 0.667. The van der Waals surface area contributed by atoms with Crippen molar-refractivity contribution >= 4 is 0 Å². The van der Waals surface area contributed by atoms with Crippen LogP contribution in [0.3, 0.4) is 0 Å². The van der Waals surface area contributed by atoms with E-state index in [4.69, 9.17) is 9.47 Å². The highest BCUT2D eigenvalue weighted by Crippen LogP contribution is 2.39. The molecule has 1 saturated carbocycles. The highest BCUT2D eigenvalue weighted by Gasteiger charge is 2.32. The number of hydrogen-bond acceptors (Lipinski definition) is 3. The summed E-state index contributed by atoms with van der Waals surface area (Å²) in [5, 5.41) is 3.82. The van der Waals surface area contributed by atoms with Gasteiger partial charge in [-0.15, -0.1) is 0 Å². The maximum atomic E-state index is 5.48. The van der Waals surface area contributed by atoms with Crippen LogP contribution in [0.25, 0.3) is 0 Å². The van der Waals surface area contributed by atoms with Crippen LogP contribution >= 0.6 is 0 Å². The van der Waals surface area contributed by atoms with Crippen LogP contribution in [0.2, 0.25) is 0 Å². The van der Waals surface area contributed by atoms with E-state index in [9.17, 15) is 0 Å². The van der Waals surface area contributed by atoms with E-state index in [1.165, 1.54) is 24.8 Å². The predicted molar refractivity (Wildman–Crippen MR) is 84.7 cm³/mol. The summed E-state index contributed by atoms with van der Waals surface area (Å²) in [6, 6.07) is 7.22. The Hall–Kier alpha value is -1.22. The van der Waals surface area contributed by atoms with Crippen molar-refractivity contribution in [3.05, 3.63) is 23.8 Å². The average molecular weight is 289 g/mol. The van der Waals surface area contributed by atoms with Crippen molar-refractivity contribution in [2.45, 2.75) is 59.0 Å². The molecule has 3 heteroatoms. The standard InChI is InChI=1S/C18H27NO2/c1-12-10-18(3,4)8-7-15(12)19-13(2)14-5-6-16-17(9-14)21-11-20-16/h5-6,9,12-13,15,19H,7-8,10-11H2,1-4H3. The molecule has 116 valence electrons. The molecule has 21 heavy (non-hydrogen) atoms. The average Bonchev–Trinajstić information content (AvgIpc) is 2.88. The van der Waals surface area contributed by atoms with Crippen LogP contribution in [-0.2, 0) is 0 Å². The van der Waals surface area contributed by atoms with E-state index >= 15 is 0 Å². The molecule has 0 aromatic heterocycles. The van der Waals surface area contributed by atoms with Gasteiger partial charge >= 0.3 is 0 Å². The molecule has 1 aromatic rings. The van der Waals surface area contributed by atoms with E-state index in [1.54, 1.807) is 0 Å². The molecule has 0 amide bonds. The predicted octanol–water partition coefficient (Wildman–Crippen LogP) is 4.28. The second-order valence-electron chi connectivity index (χ2n) is 7.49. The largest absolute Gasteiger partial charge is 0.454 e. The van der Waals surface area contributed by atoms with E-state index < -0.39 is 0 Å². The van der Waals surface area contributed by atoms with Crippen molar-refractivity contribution in [1.82, 2.24) is 5.32 Å². The Balaban J connectivity index is 1.65. The van der Waals surface area contributed by atoms with Gasteiger partial charge < -0.3 is 14.8 Å². The first-order chi connectivity index (χ1) is 9.94. The molecule has 1 aliphatic heterocycles. The monoisotopic (exact) mass is 289 g/mol. The van der Waals surface area contributed by atoms with Crippen LogP contribution in [0, 0.1) is 11.3 Å². The smallest absolute Gasteiger partial charge is 0.231 e. The van der Waals surface area contributed by atoms with Crippen LogP contribution < -0.4 is 14.8 Å². The lowest BCUT2D eigenvalue weighted by atomic mass is 9.70. The molecule has 0 spiro atoms. The summed E-state index contributed by atoms with van der Waals surface area (Å²) in [5.74, 6) is 2.46. The summed E-state index contributed by atoms with van der Waals surface area (Å²) in [4.78, 5) is 0. The highest BCUT2D eigenvalue weighted by atomic mass is 16.7. The van der Waals surface area contributed by atoms with Crippen LogP contribution in [-0.4, -0.2) is 12.8 Å². The van der Waals surface area contributed by atoms with Crippen LogP contribution in [0.5, 0.6) is 11.5 Å². The van der Waals surface area contributed by atoms with Crippen molar-refractivity contribution in [3.63, 3.8) is 0 Å². The van der Waals surface area contributed by atoms with Crippen molar-refractivity contribution in [2.75, 3.05) is 6.79 Å². The van der Waals surface area contributed by atoms with Gasteiger partial charge in [0.25, 0.3) is 0 Å². The lowest BCUT2D eigenvalue weighted by Crippen LogP contribution is -2.42. The van der Waals surface area contributed by atoms with Gasteiger partial charge in [-0.25, -0.2) is 0 Å². The molecule has 3 unspecified atom stereocenters. The molecule has 3 atom stereocenters. The number of ether oxygens (including phenoxy) is 2. The third-order valence-electron chi connectivity index (χ3n) is 5.05. The van der Waals surface area contributed by atoms with E-state index in [0.29, 0.717) is 24.3 Å². The molecule has 0 bridgehead atoms. The summed E-state index contributed by atoms with van der Waals surface area (Å²) in [5.41, 5.74) is 1.77. The van der Waals surface area contributed by atoms with Crippen LogP contribution in [0.15, 0.2) is 18.2 Å². The zero-order valence-electron chi connectivity index (χ0n) is 13.6. The van der Waals surface area contributed by atoms with Crippen molar-refractivity contribution in [3.8, 4) is 11.5 Å². The van der Waals surface area contributed by atoms with Gasteiger partial charge in [0.05, 0.1) is 0 Å². The second-order valence-corrected chi connectivity index (χ2v) is 7.49. The lowest BCUT2D eigenvalue weighted by Gasteiger charge is -2.40. The fourth-order valence-corrected chi connectivity index (χ4v) is 3.79. The van der Waals surface area contributed by atoms with Crippen LogP contribution in [0.4, 0.5) is 0 Å². The van der Waals surface area contributed by atoms with Gasteiger partial charge in [-0.1, -0.05) is 26.8 Å². The van der Waals surface area contributed by atoms with E-state index in [-0.39, 0.29) is 0 Å². The molecule has 3 rings (SSSR count). The molecule has 2 aliphatic rings. The number of hydrogen-bond donors (Lipinski definition) is 1. The Labute approximate surface area is 128 Å².